The fraction of sp³-hybridized carbons (Fsp3) is 0.194. The molecule has 8 heteroatoms. The number of fused-ring (bicyclic) bond motifs is 1. The first-order valence-electron chi connectivity index (χ1n) is 12.9. The lowest BCUT2D eigenvalue weighted by Crippen LogP contribution is -2.30. The average Bonchev–Trinajstić information content (AvgIpc) is 3.50. The Morgan fingerprint density at radius 1 is 0.949 bits per heavy atom. The molecule has 3 aromatic carbocycles. The lowest BCUT2D eigenvalue weighted by Gasteiger charge is -2.28. The molecule has 0 unspecified atom stereocenters. The second kappa shape index (κ2) is 12.7. The fourth-order valence-corrected chi connectivity index (χ4v) is 4.39. The molecule has 0 fully saturated rings. The van der Waals surface area contributed by atoms with E-state index in [0.717, 1.165) is 31.6 Å². The number of hydrazone groups is 1. The number of furan rings is 1. The number of hydrogen-bond donors (Lipinski definition) is 2. The third kappa shape index (κ3) is 7.43. The summed E-state index contributed by atoms with van der Waals surface area (Å²) in [6.07, 6.45) is 4.18. The molecule has 0 saturated carbocycles. The molecule has 2 heterocycles. The number of amides is 2. The van der Waals surface area contributed by atoms with Gasteiger partial charge in [-0.2, -0.15) is 5.10 Å². The summed E-state index contributed by atoms with van der Waals surface area (Å²) in [4.78, 5) is 26.8. The van der Waals surface area contributed by atoms with E-state index in [1.807, 2.05) is 24.3 Å². The van der Waals surface area contributed by atoms with Crippen LogP contribution in [-0.4, -0.2) is 36.1 Å². The Morgan fingerprint density at radius 2 is 1.74 bits per heavy atom. The molecule has 0 saturated heterocycles. The second-order valence-corrected chi connectivity index (χ2v) is 9.34. The highest BCUT2D eigenvalue weighted by molar-refractivity contribution is 5.94. The van der Waals surface area contributed by atoms with Crippen LogP contribution in [0.3, 0.4) is 0 Å². The topological polar surface area (TPSA) is 96.2 Å². The summed E-state index contributed by atoms with van der Waals surface area (Å²) in [5.74, 6) is 0.712. The zero-order chi connectivity index (χ0) is 26.9. The molecule has 4 aromatic rings. The Kier molecular flexibility index (Phi) is 8.45. The maximum atomic E-state index is 12.5. The Morgan fingerprint density at radius 3 is 2.51 bits per heavy atom. The Bertz CT molecular complexity index is 1410. The monoisotopic (exact) mass is 522 g/mol. The molecule has 2 amide bonds. The van der Waals surface area contributed by atoms with Gasteiger partial charge in [-0.25, -0.2) is 5.43 Å². The van der Waals surface area contributed by atoms with Crippen molar-refractivity contribution in [2.24, 2.45) is 5.10 Å². The third-order valence-corrected chi connectivity index (χ3v) is 6.50. The molecule has 8 nitrogen and oxygen atoms in total. The highest BCUT2D eigenvalue weighted by atomic mass is 16.5. The standard InChI is InChI=1S/C31H30N4O4/c36-30(32-19-29-6-3-17-38-29)22-39-28-13-9-23(10-14-28)18-33-34-31(37)26-11-7-24(8-12-26)20-35-16-15-25-4-1-2-5-27(25)21-35/h1-14,17-18H,15-16,19-22H2,(H,32,36)(H,34,37)/b33-18-. The van der Waals surface area contributed by atoms with Crippen molar-refractivity contribution >= 4 is 18.0 Å². The van der Waals surface area contributed by atoms with E-state index in [0.29, 0.717) is 23.6 Å². The van der Waals surface area contributed by atoms with Gasteiger partial charge < -0.3 is 14.5 Å². The third-order valence-electron chi connectivity index (χ3n) is 6.50. The van der Waals surface area contributed by atoms with Gasteiger partial charge in [-0.3, -0.25) is 14.5 Å². The van der Waals surface area contributed by atoms with Gasteiger partial charge in [0, 0.05) is 25.2 Å². The zero-order valence-electron chi connectivity index (χ0n) is 21.5. The van der Waals surface area contributed by atoms with Crippen molar-refractivity contribution < 1.29 is 18.7 Å². The maximum Gasteiger partial charge on any atom is 0.271 e. The molecule has 5 rings (SSSR count). The van der Waals surface area contributed by atoms with Crippen molar-refractivity contribution in [1.29, 1.82) is 0 Å². The summed E-state index contributed by atoms with van der Waals surface area (Å²) in [5, 5.41) is 6.78. The summed E-state index contributed by atoms with van der Waals surface area (Å²) in [6, 6.07) is 26.9. The van der Waals surface area contributed by atoms with Crippen LogP contribution in [0.15, 0.2) is 101 Å². The fourth-order valence-electron chi connectivity index (χ4n) is 4.39. The minimum absolute atomic E-state index is 0.102. The minimum atomic E-state index is -0.273. The largest absolute Gasteiger partial charge is 0.484 e. The van der Waals surface area contributed by atoms with Crippen LogP contribution in [0.1, 0.15) is 38.4 Å². The van der Waals surface area contributed by atoms with Crippen LogP contribution in [0, 0.1) is 0 Å². The maximum absolute atomic E-state index is 12.5. The van der Waals surface area contributed by atoms with E-state index in [4.69, 9.17) is 9.15 Å². The van der Waals surface area contributed by atoms with Crippen molar-refractivity contribution in [2.45, 2.75) is 26.1 Å². The molecule has 0 radical (unpaired) electrons. The van der Waals surface area contributed by atoms with E-state index in [-0.39, 0.29) is 18.4 Å². The quantitative estimate of drug-likeness (QED) is 0.239. The Labute approximate surface area is 227 Å². The van der Waals surface area contributed by atoms with Gasteiger partial charge in [0.15, 0.2) is 6.61 Å². The van der Waals surface area contributed by atoms with Gasteiger partial charge in [0.05, 0.1) is 19.0 Å². The average molecular weight is 523 g/mol. The van der Waals surface area contributed by atoms with Gasteiger partial charge in [0.1, 0.15) is 11.5 Å². The van der Waals surface area contributed by atoms with Crippen LogP contribution in [0.2, 0.25) is 0 Å². The van der Waals surface area contributed by atoms with Crippen molar-refractivity contribution in [3.63, 3.8) is 0 Å². The summed E-state index contributed by atoms with van der Waals surface area (Å²) in [7, 11) is 0. The minimum Gasteiger partial charge on any atom is -0.484 e. The van der Waals surface area contributed by atoms with E-state index in [1.165, 1.54) is 16.7 Å². The van der Waals surface area contributed by atoms with Gasteiger partial charge in [0.25, 0.3) is 11.8 Å². The molecular formula is C31H30N4O4. The zero-order valence-corrected chi connectivity index (χ0v) is 21.5. The van der Waals surface area contributed by atoms with E-state index in [9.17, 15) is 9.59 Å². The van der Waals surface area contributed by atoms with Crippen molar-refractivity contribution in [1.82, 2.24) is 15.6 Å². The number of nitrogens with zero attached hydrogens (tertiary/aromatic N) is 2. The summed E-state index contributed by atoms with van der Waals surface area (Å²) in [5.41, 5.74) is 7.90. The van der Waals surface area contributed by atoms with Crippen molar-refractivity contribution in [3.8, 4) is 5.75 Å². The molecular weight excluding hydrogens is 492 g/mol. The van der Waals surface area contributed by atoms with E-state index in [2.05, 4.69) is 45.0 Å². The molecule has 0 aliphatic carbocycles. The van der Waals surface area contributed by atoms with Crippen molar-refractivity contribution in [2.75, 3.05) is 13.2 Å². The molecule has 2 N–H and O–H groups in total. The number of carbonyl (C=O) groups excluding carboxylic acids is 2. The molecule has 198 valence electrons. The number of ether oxygens (including phenoxy) is 1. The normalized spacial score (nSPS) is 13.1. The van der Waals surface area contributed by atoms with Gasteiger partial charge in [-0.05, 0) is 77.2 Å². The second-order valence-electron chi connectivity index (χ2n) is 9.34. The van der Waals surface area contributed by atoms with Gasteiger partial charge >= 0.3 is 0 Å². The van der Waals surface area contributed by atoms with Crippen LogP contribution in [0.25, 0.3) is 0 Å². The van der Waals surface area contributed by atoms with Crippen LogP contribution in [0.4, 0.5) is 0 Å². The molecule has 1 aliphatic heterocycles. The van der Waals surface area contributed by atoms with E-state index < -0.39 is 0 Å². The highest BCUT2D eigenvalue weighted by Gasteiger charge is 2.16. The summed E-state index contributed by atoms with van der Waals surface area (Å²) in [6.45, 7) is 3.04. The molecule has 0 atom stereocenters. The number of carbonyl (C=O) groups is 2. The Hall–Kier alpha value is -4.69. The molecule has 0 spiro atoms. The van der Waals surface area contributed by atoms with Crippen molar-refractivity contribution in [3.05, 3.63) is 125 Å². The number of benzene rings is 3. The smallest absolute Gasteiger partial charge is 0.271 e. The number of hydrogen-bond acceptors (Lipinski definition) is 6. The first-order valence-corrected chi connectivity index (χ1v) is 12.9. The highest BCUT2D eigenvalue weighted by Crippen LogP contribution is 2.20. The summed E-state index contributed by atoms with van der Waals surface area (Å²) >= 11 is 0. The lowest BCUT2D eigenvalue weighted by molar-refractivity contribution is -0.123. The molecule has 1 aliphatic rings. The Balaban J connectivity index is 1.04. The van der Waals surface area contributed by atoms with Crippen LogP contribution < -0.4 is 15.5 Å². The van der Waals surface area contributed by atoms with E-state index >= 15 is 0 Å². The predicted octanol–water partition coefficient (Wildman–Crippen LogP) is 4.30. The predicted molar refractivity (Wildman–Crippen MR) is 148 cm³/mol. The van der Waals surface area contributed by atoms with Gasteiger partial charge in [-0.15, -0.1) is 0 Å². The lowest BCUT2D eigenvalue weighted by atomic mass is 9.99. The SMILES string of the molecule is O=C(COc1ccc(/C=N\NC(=O)c2ccc(CN3CCc4ccccc4C3)cc2)cc1)NCc1ccco1. The van der Waals surface area contributed by atoms with Crippen LogP contribution in [-0.2, 0) is 30.8 Å². The molecule has 0 bridgehead atoms. The molecule has 39 heavy (non-hydrogen) atoms. The van der Waals surface area contributed by atoms with Crippen LogP contribution in [0.5, 0.6) is 5.75 Å². The summed E-state index contributed by atoms with van der Waals surface area (Å²) < 4.78 is 10.7. The van der Waals surface area contributed by atoms with Crippen LogP contribution >= 0.6 is 0 Å². The van der Waals surface area contributed by atoms with Gasteiger partial charge in [-0.1, -0.05) is 36.4 Å². The first kappa shape index (κ1) is 25.9. The molecule has 1 aromatic heterocycles. The van der Waals surface area contributed by atoms with Gasteiger partial charge in [0.2, 0.25) is 0 Å². The van der Waals surface area contributed by atoms with E-state index in [1.54, 1.807) is 48.9 Å². The first-order chi connectivity index (χ1) is 19.1. The number of nitrogens with one attached hydrogen (secondary N) is 2. The number of rotatable bonds is 10.